The van der Waals surface area contributed by atoms with Crippen LogP contribution in [0, 0.1) is 6.92 Å². The van der Waals surface area contributed by atoms with Gasteiger partial charge >= 0.3 is 0 Å². The first-order chi connectivity index (χ1) is 15.5. The third-order valence-electron chi connectivity index (χ3n) is 5.44. The largest absolute Gasteiger partial charge is 0.507 e. The topological polar surface area (TPSA) is 80.0 Å². The summed E-state index contributed by atoms with van der Waals surface area (Å²) in [6.07, 6.45) is 2.41. The van der Waals surface area contributed by atoms with Crippen LogP contribution in [-0.2, 0) is 16.1 Å². The maximum absolute atomic E-state index is 13.1. The molecule has 1 amide bonds. The molecule has 164 valence electrons. The lowest BCUT2D eigenvalue weighted by Gasteiger charge is -2.24. The van der Waals surface area contributed by atoms with Crippen LogP contribution in [0.3, 0.4) is 0 Å². The fourth-order valence-electron chi connectivity index (χ4n) is 3.79. The number of ether oxygens (including phenoxy) is 1. The third-order valence-corrected chi connectivity index (χ3v) is 5.44. The minimum Gasteiger partial charge on any atom is -0.507 e. The molecule has 1 aliphatic heterocycles. The minimum atomic E-state index is -0.748. The lowest BCUT2D eigenvalue weighted by molar-refractivity contribution is -0.140. The summed E-state index contributed by atoms with van der Waals surface area (Å²) < 4.78 is 11.1. The molecule has 1 aliphatic rings. The fraction of sp³-hybridized carbons (Fsp3) is 0.231. The number of aryl methyl sites for hydroxylation is 1. The Morgan fingerprint density at radius 3 is 2.41 bits per heavy atom. The second-order valence-electron chi connectivity index (χ2n) is 7.79. The highest BCUT2D eigenvalue weighted by Gasteiger charge is 2.46. The summed E-state index contributed by atoms with van der Waals surface area (Å²) in [6.45, 7) is 4.68. The van der Waals surface area contributed by atoms with Crippen LogP contribution in [0.5, 0.6) is 5.75 Å². The van der Waals surface area contributed by atoms with Crippen LogP contribution >= 0.6 is 0 Å². The van der Waals surface area contributed by atoms with E-state index in [0.717, 1.165) is 12.0 Å². The number of amides is 1. The van der Waals surface area contributed by atoms with Crippen LogP contribution in [0.2, 0.25) is 0 Å². The second-order valence-corrected chi connectivity index (χ2v) is 7.79. The summed E-state index contributed by atoms with van der Waals surface area (Å²) in [7, 11) is 0. The molecule has 1 unspecified atom stereocenters. The van der Waals surface area contributed by atoms with E-state index in [2.05, 4.69) is 0 Å². The maximum atomic E-state index is 13.1. The van der Waals surface area contributed by atoms with E-state index in [4.69, 9.17) is 9.15 Å². The van der Waals surface area contributed by atoms with Crippen molar-refractivity contribution < 1.29 is 23.8 Å². The van der Waals surface area contributed by atoms with E-state index >= 15 is 0 Å². The molecule has 0 radical (unpaired) electrons. The SMILES string of the molecule is CCCOc1ccc(C2C(=C(O)c3ccc(C)cc3)C(=O)C(=O)N2Cc2ccco2)cc1. The molecule has 0 bridgehead atoms. The lowest BCUT2D eigenvalue weighted by atomic mass is 9.95. The summed E-state index contributed by atoms with van der Waals surface area (Å²) in [4.78, 5) is 27.5. The molecule has 0 saturated carbocycles. The molecule has 2 heterocycles. The minimum absolute atomic E-state index is 0.0626. The number of likely N-dealkylation sites (tertiary alicyclic amines) is 1. The van der Waals surface area contributed by atoms with Crippen molar-refractivity contribution >= 4 is 17.4 Å². The lowest BCUT2D eigenvalue weighted by Crippen LogP contribution is -2.29. The van der Waals surface area contributed by atoms with E-state index in [-0.39, 0.29) is 17.9 Å². The van der Waals surface area contributed by atoms with Crippen molar-refractivity contribution in [2.45, 2.75) is 32.9 Å². The number of aliphatic hydroxyl groups excluding tert-OH is 1. The standard InChI is InChI=1S/C26H25NO5/c1-3-14-31-20-12-10-18(11-13-20)23-22(24(28)19-8-6-17(2)7-9-19)25(29)26(30)27(23)16-21-5-4-15-32-21/h4-13,15,23,28H,3,14,16H2,1-2H3. The Morgan fingerprint density at radius 2 is 1.78 bits per heavy atom. The number of hydrogen-bond acceptors (Lipinski definition) is 5. The number of Topliss-reactive ketones (excluding diaryl/α,β-unsaturated/α-hetero) is 1. The average Bonchev–Trinajstić information content (AvgIpc) is 3.40. The number of benzene rings is 2. The predicted molar refractivity (Wildman–Crippen MR) is 120 cm³/mol. The van der Waals surface area contributed by atoms with Crippen LogP contribution in [0.25, 0.3) is 5.76 Å². The van der Waals surface area contributed by atoms with Gasteiger partial charge in [0, 0.05) is 5.56 Å². The third kappa shape index (κ3) is 4.17. The van der Waals surface area contributed by atoms with E-state index < -0.39 is 17.7 Å². The van der Waals surface area contributed by atoms with Crippen molar-refractivity contribution in [3.8, 4) is 5.75 Å². The first-order valence-electron chi connectivity index (χ1n) is 10.6. The Kier molecular flexibility index (Phi) is 6.12. The number of hydrogen-bond donors (Lipinski definition) is 1. The molecule has 3 aromatic rings. The Hall–Kier alpha value is -3.80. The van der Waals surface area contributed by atoms with Gasteiger partial charge < -0.3 is 19.2 Å². The van der Waals surface area contributed by atoms with E-state index in [1.807, 2.05) is 50.2 Å². The van der Waals surface area contributed by atoms with Crippen molar-refractivity contribution in [2.75, 3.05) is 6.61 Å². The van der Waals surface area contributed by atoms with Gasteiger partial charge in [0.05, 0.1) is 31.0 Å². The Bertz CT molecular complexity index is 1130. The molecule has 6 nitrogen and oxygen atoms in total. The van der Waals surface area contributed by atoms with Gasteiger partial charge in [0.1, 0.15) is 17.3 Å². The number of carbonyl (C=O) groups excluding carboxylic acids is 2. The van der Waals surface area contributed by atoms with E-state index in [9.17, 15) is 14.7 Å². The van der Waals surface area contributed by atoms with Gasteiger partial charge in [-0.3, -0.25) is 9.59 Å². The smallest absolute Gasteiger partial charge is 0.296 e. The Labute approximate surface area is 186 Å². The summed E-state index contributed by atoms with van der Waals surface area (Å²) >= 11 is 0. The summed E-state index contributed by atoms with van der Waals surface area (Å²) in [5.74, 6) is -0.328. The number of furan rings is 1. The predicted octanol–water partition coefficient (Wildman–Crippen LogP) is 5.00. The summed E-state index contributed by atoms with van der Waals surface area (Å²) in [6, 6.07) is 17.2. The van der Waals surface area contributed by atoms with Gasteiger partial charge in [0.2, 0.25) is 0 Å². The summed E-state index contributed by atoms with van der Waals surface area (Å²) in [5.41, 5.74) is 2.28. The van der Waals surface area contributed by atoms with Crippen molar-refractivity contribution in [2.24, 2.45) is 0 Å². The quantitative estimate of drug-likeness (QED) is 0.324. The van der Waals surface area contributed by atoms with Crippen LogP contribution in [0.4, 0.5) is 0 Å². The first kappa shape index (κ1) is 21.4. The molecule has 6 heteroatoms. The van der Waals surface area contributed by atoms with E-state index in [1.54, 1.807) is 24.3 Å². The highest BCUT2D eigenvalue weighted by atomic mass is 16.5. The zero-order valence-electron chi connectivity index (χ0n) is 18.1. The normalized spacial score (nSPS) is 17.7. The van der Waals surface area contributed by atoms with Crippen molar-refractivity contribution in [3.63, 3.8) is 0 Å². The maximum Gasteiger partial charge on any atom is 0.296 e. The average molecular weight is 431 g/mol. The number of nitrogens with zero attached hydrogens (tertiary/aromatic N) is 1. The van der Waals surface area contributed by atoms with Gasteiger partial charge in [0.25, 0.3) is 11.7 Å². The molecular formula is C26H25NO5. The molecule has 1 atom stereocenters. The molecule has 1 aromatic heterocycles. The zero-order valence-corrected chi connectivity index (χ0v) is 18.1. The number of rotatable bonds is 7. The fourth-order valence-corrected chi connectivity index (χ4v) is 3.79. The first-order valence-corrected chi connectivity index (χ1v) is 10.6. The zero-order chi connectivity index (χ0) is 22.7. The van der Waals surface area contributed by atoms with Crippen LogP contribution in [-0.4, -0.2) is 28.3 Å². The van der Waals surface area contributed by atoms with Gasteiger partial charge in [0.15, 0.2) is 0 Å². The highest BCUT2D eigenvalue weighted by Crippen LogP contribution is 2.40. The monoisotopic (exact) mass is 431 g/mol. The van der Waals surface area contributed by atoms with E-state index in [0.29, 0.717) is 29.2 Å². The molecular weight excluding hydrogens is 406 g/mol. The second kappa shape index (κ2) is 9.14. The van der Waals surface area contributed by atoms with Gasteiger partial charge in [-0.2, -0.15) is 0 Å². The van der Waals surface area contributed by atoms with Crippen molar-refractivity contribution in [1.29, 1.82) is 0 Å². The molecule has 1 fully saturated rings. The number of ketones is 1. The van der Waals surface area contributed by atoms with Gasteiger partial charge in [-0.25, -0.2) is 0 Å². The highest BCUT2D eigenvalue weighted by molar-refractivity contribution is 6.46. The van der Waals surface area contributed by atoms with Crippen LogP contribution < -0.4 is 4.74 Å². The number of carbonyl (C=O) groups is 2. The van der Waals surface area contributed by atoms with Crippen LogP contribution in [0.15, 0.2) is 76.9 Å². The van der Waals surface area contributed by atoms with Crippen molar-refractivity contribution in [3.05, 3.63) is 95.0 Å². The molecule has 1 saturated heterocycles. The molecule has 0 spiro atoms. The van der Waals surface area contributed by atoms with Gasteiger partial charge in [-0.05, 0) is 43.2 Å². The molecule has 4 rings (SSSR count). The van der Waals surface area contributed by atoms with Crippen molar-refractivity contribution in [1.82, 2.24) is 4.90 Å². The molecule has 0 aliphatic carbocycles. The van der Waals surface area contributed by atoms with Crippen LogP contribution in [0.1, 0.15) is 41.8 Å². The molecule has 32 heavy (non-hydrogen) atoms. The number of aliphatic hydroxyl groups is 1. The Morgan fingerprint density at radius 1 is 1.06 bits per heavy atom. The van der Waals surface area contributed by atoms with E-state index in [1.165, 1.54) is 11.2 Å². The van der Waals surface area contributed by atoms with Gasteiger partial charge in [-0.15, -0.1) is 0 Å². The Balaban J connectivity index is 1.79. The molecule has 1 N–H and O–H groups in total. The molecule has 2 aromatic carbocycles. The summed E-state index contributed by atoms with van der Waals surface area (Å²) in [5, 5.41) is 11.1. The van der Waals surface area contributed by atoms with Gasteiger partial charge in [-0.1, -0.05) is 48.9 Å².